The standard InChI is InChI=1S/C10H14N2O3/c1-15-9(14)3-2-8(13)12-6-10(7-12)4-11-5-10/h2-3,11H,4-7H2,1H3/b3-2+. The molecule has 0 aromatic heterocycles. The van der Waals surface area contributed by atoms with Gasteiger partial charge in [-0.25, -0.2) is 4.79 Å². The second-order valence-electron chi connectivity index (χ2n) is 4.15. The van der Waals surface area contributed by atoms with Crippen molar-refractivity contribution in [2.24, 2.45) is 5.41 Å². The molecule has 0 aromatic carbocycles. The van der Waals surface area contributed by atoms with Crippen LogP contribution in [0.1, 0.15) is 0 Å². The van der Waals surface area contributed by atoms with Gasteiger partial charge < -0.3 is 15.0 Å². The quantitative estimate of drug-likeness (QED) is 0.476. The summed E-state index contributed by atoms with van der Waals surface area (Å²) in [5.41, 5.74) is 0.328. The van der Waals surface area contributed by atoms with E-state index in [0.29, 0.717) is 5.41 Å². The number of hydrogen-bond acceptors (Lipinski definition) is 4. The highest BCUT2D eigenvalue weighted by atomic mass is 16.5. The predicted octanol–water partition coefficient (Wildman–Crippen LogP) is -0.853. The van der Waals surface area contributed by atoms with Gasteiger partial charge in [0.25, 0.3) is 0 Å². The number of nitrogens with one attached hydrogen (secondary N) is 1. The molecule has 2 aliphatic heterocycles. The van der Waals surface area contributed by atoms with E-state index in [0.717, 1.165) is 32.3 Å². The molecule has 0 unspecified atom stereocenters. The summed E-state index contributed by atoms with van der Waals surface area (Å²) in [6.45, 7) is 3.59. The molecular weight excluding hydrogens is 196 g/mol. The third-order valence-electron chi connectivity index (χ3n) is 2.93. The molecule has 2 rings (SSSR count). The van der Waals surface area contributed by atoms with Crippen LogP contribution in [0.25, 0.3) is 0 Å². The molecule has 5 heteroatoms. The van der Waals surface area contributed by atoms with Crippen LogP contribution in [0.5, 0.6) is 0 Å². The molecule has 2 aliphatic rings. The van der Waals surface area contributed by atoms with Gasteiger partial charge in [-0.1, -0.05) is 0 Å². The summed E-state index contributed by atoms with van der Waals surface area (Å²) in [7, 11) is 1.29. The maximum Gasteiger partial charge on any atom is 0.330 e. The monoisotopic (exact) mass is 210 g/mol. The van der Waals surface area contributed by atoms with Crippen molar-refractivity contribution in [1.29, 1.82) is 0 Å². The van der Waals surface area contributed by atoms with Crippen molar-refractivity contribution in [2.45, 2.75) is 0 Å². The lowest BCUT2D eigenvalue weighted by Crippen LogP contribution is -2.71. The van der Waals surface area contributed by atoms with E-state index in [1.807, 2.05) is 0 Å². The van der Waals surface area contributed by atoms with Gasteiger partial charge in [-0.05, 0) is 0 Å². The first kappa shape index (κ1) is 10.2. The van der Waals surface area contributed by atoms with Crippen molar-refractivity contribution in [2.75, 3.05) is 33.3 Å². The lowest BCUT2D eigenvalue weighted by atomic mass is 9.74. The van der Waals surface area contributed by atoms with Gasteiger partial charge in [0.15, 0.2) is 0 Å². The van der Waals surface area contributed by atoms with Crippen LogP contribution >= 0.6 is 0 Å². The first-order valence-corrected chi connectivity index (χ1v) is 4.91. The minimum Gasteiger partial charge on any atom is -0.466 e. The molecule has 1 N–H and O–H groups in total. The third kappa shape index (κ3) is 1.87. The minimum absolute atomic E-state index is 0.113. The van der Waals surface area contributed by atoms with Crippen molar-refractivity contribution in [3.8, 4) is 0 Å². The van der Waals surface area contributed by atoms with Crippen LogP contribution in [0.3, 0.4) is 0 Å². The van der Waals surface area contributed by atoms with E-state index in [1.165, 1.54) is 13.2 Å². The lowest BCUT2D eigenvalue weighted by Gasteiger charge is -2.55. The van der Waals surface area contributed by atoms with Crippen molar-refractivity contribution in [3.63, 3.8) is 0 Å². The first-order chi connectivity index (χ1) is 7.15. The van der Waals surface area contributed by atoms with Gasteiger partial charge in [-0.2, -0.15) is 0 Å². The number of hydrogen-bond donors (Lipinski definition) is 1. The predicted molar refractivity (Wildman–Crippen MR) is 53.0 cm³/mol. The number of methoxy groups -OCH3 is 1. The number of esters is 1. The highest BCUT2D eigenvalue weighted by Crippen LogP contribution is 2.33. The second-order valence-corrected chi connectivity index (χ2v) is 4.15. The van der Waals surface area contributed by atoms with Crippen LogP contribution in [0.15, 0.2) is 12.2 Å². The SMILES string of the molecule is COC(=O)/C=C/C(=O)N1CC2(CNC2)C1. The normalized spacial score (nSPS) is 22.3. The summed E-state index contributed by atoms with van der Waals surface area (Å²) in [5, 5.41) is 3.19. The average Bonchev–Trinajstić information content (AvgIpc) is 2.09. The molecule has 15 heavy (non-hydrogen) atoms. The zero-order chi connectivity index (χ0) is 10.9. The summed E-state index contributed by atoms with van der Waals surface area (Å²) in [6.07, 6.45) is 2.43. The molecule has 2 saturated heterocycles. The molecule has 82 valence electrons. The third-order valence-corrected chi connectivity index (χ3v) is 2.93. The number of rotatable bonds is 2. The number of carbonyl (C=O) groups is 2. The highest BCUT2D eigenvalue weighted by molar-refractivity contribution is 5.95. The Labute approximate surface area is 88.1 Å². The Morgan fingerprint density at radius 2 is 2.00 bits per heavy atom. The molecule has 2 fully saturated rings. The van der Waals surface area contributed by atoms with Gasteiger partial charge in [0.2, 0.25) is 5.91 Å². The molecule has 1 spiro atoms. The Kier molecular flexibility index (Phi) is 2.48. The number of nitrogens with zero attached hydrogens (tertiary/aromatic N) is 1. The molecule has 1 amide bonds. The molecule has 0 radical (unpaired) electrons. The van der Waals surface area contributed by atoms with Crippen LogP contribution < -0.4 is 5.32 Å². The Balaban J connectivity index is 1.78. The number of ether oxygens (including phenoxy) is 1. The van der Waals surface area contributed by atoms with Crippen LogP contribution in [0, 0.1) is 5.41 Å². The number of amides is 1. The summed E-state index contributed by atoms with van der Waals surface area (Å²) in [4.78, 5) is 24.0. The largest absolute Gasteiger partial charge is 0.466 e. The van der Waals surface area contributed by atoms with E-state index in [9.17, 15) is 9.59 Å². The summed E-state index contributed by atoms with van der Waals surface area (Å²) >= 11 is 0. The fourth-order valence-electron chi connectivity index (χ4n) is 1.93. The van der Waals surface area contributed by atoms with Gasteiger partial charge in [-0.15, -0.1) is 0 Å². The fraction of sp³-hybridized carbons (Fsp3) is 0.600. The van der Waals surface area contributed by atoms with E-state index in [1.54, 1.807) is 4.90 Å². The number of likely N-dealkylation sites (tertiary alicyclic amines) is 1. The molecule has 2 heterocycles. The first-order valence-electron chi connectivity index (χ1n) is 4.91. The van der Waals surface area contributed by atoms with Gasteiger partial charge >= 0.3 is 5.97 Å². The van der Waals surface area contributed by atoms with Crippen LogP contribution in [-0.4, -0.2) is 50.1 Å². The van der Waals surface area contributed by atoms with E-state index >= 15 is 0 Å². The molecular formula is C10H14N2O3. The second kappa shape index (κ2) is 3.66. The number of carbonyl (C=O) groups excluding carboxylic acids is 2. The van der Waals surface area contributed by atoms with E-state index in [-0.39, 0.29) is 5.91 Å². The summed E-state index contributed by atoms with van der Waals surface area (Å²) in [5.74, 6) is -0.609. The van der Waals surface area contributed by atoms with Crippen molar-refractivity contribution < 1.29 is 14.3 Å². The van der Waals surface area contributed by atoms with Gasteiger partial charge in [0.1, 0.15) is 0 Å². The van der Waals surface area contributed by atoms with Crippen LogP contribution in [0.4, 0.5) is 0 Å². The van der Waals surface area contributed by atoms with Crippen molar-refractivity contribution >= 4 is 11.9 Å². The summed E-state index contributed by atoms with van der Waals surface area (Å²) in [6, 6.07) is 0. The highest BCUT2D eigenvalue weighted by Gasteiger charge is 2.48. The zero-order valence-corrected chi connectivity index (χ0v) is 8.66. The Hall–Kier alpha value is -1.36. The maximum absolute atomic E-state index is 11.5. The lowest BCUT2D eigenvalue weighted by molar-refractivity contribution is -0.142. The maximum atomic E-state index is 11.5. The van der Waals surface area contributed by atoms with E-state index < -0.39 is 5.97 Å². The van der Waals surface area contributed by atoms with Crippen LogP contribution in [0.2, 0.25) is 0 Å². The Morgan fingerprint density at radius 1 is 1.33 bits per heavy atom. The van der Waals surface area contributed by atoms with E-state index in [2.05, 4.69) is 10.1 Å². The smallest absolute Gasteiger partial charge is 0.330 e. The van der Waals surface area contributed by atoms with Crippen molar-refractivity contribution in [3.05, 3.63) is 12.2 Å². The molecule has 0 saturated carbocycles. The van der Waals surface area contributed by atoms with Crippen LogP contribution in [-0.2, 0) is 14.3 Å². The van der Waals surface area contributed by atoms with E-state index in [4.69, 9.17) is 0 Å². The average molecular weight is 210 g/mol. The molecule has 0 atom stereocenters. The van der Waals surface area contributed by atoms with Gasteiger partial charge in [0.05, 0.1) is 7.11 Å². The fourth-order valence-corrected chi connectivity index (χ4v) is 1.93. The van der Waals surface area contributed by atoms with Gasteiger partial charge in [0, 0.05) is 43.7 Å². The van der Waals surface area contributed by atoms with Gasteiger partial charge in [-0.3, -0.25) is 4.79 Å². The molecule has 0 aromatic rings. The Bertz CT molecular complexity index is 313. The topological polar surface area (TPSA) is 58.6 Å². The molecule has 0 bridgehead atoms. The minimum atomic E-state index is -0.496. The molecule has 0 aliphatic carbocycles. The zero-order valence-electron chi connectivity index (χ0n) is 8.66. The van der Waals surface area contributed by atoms with Crippen molar-refractivity contribution in [1.82, 2.24) is 10.2 Å². The summed E-state index contributed by atoms with van der Waals surface area (Å²) < 4.78 is 4.40. The Morgan fingerprint density at radius 3 is 2.47 bits per heavy atom. The molecule has 5 nitrogen and oxygen atoms in total.